The SMILES string of the molecule is CCOc1ccc(-c2cc(C#N)c(OC)cn2)cc1. The predicted molar refractivity (Wildman–Crippen MR) is 72.1 cm³/mol. The second-order valence-electron chi connectivity index (χ2n) is 3.84. The molecule has 1 aromatic carbocycles. The number of nitrogens with zero attached hydrogens (tertiary/aromatic N) is 2. The minimum absolute atomic E-state index is 0.474. The largest absolute Gasteiger partial charge is 0.494 e. The van der Waals surface area contributed by atoms with E-state index >= 15 is 0 Å². The number of hydrogen-bond donors (Lipinski definition) is 0. The highest BCUT2D eigenvalue weighted by molar-refractivity contribution is 5.63. The zero-order valence-corrected chi connectivity index (χ0v) is 10.9. The lowest BCUT2D eigenvalue weighted by Crippen LogP contribution is -1.93. The summed E-state index contributed by atoms with van der Waals surface area (Å²) in [5.74, 6) is 1.30. The van der Waals surface area contributed by atoms with Gasteiger partial charge in [0, 0.05) is 5.56 Å². The molecule has 0 N–H and O–H groups in total. The van der Waals surface area contributed by atoms with E-state index in [9.17, 15) is 0 Å². The highest BCUT2D eigenvalue weighted by Gasteiger charge is 2.06. The first-order valence-electron chi connectivity index (χ1n) is 5.96. The number of hydrogen-bond acceptors (Lipinski definition) is 4. The van der Waals surface area contributed by atoms with Crippen molar-refractivity contribution in [3.8, 4) is 28.8 Å². The van der Waals surface area contributed by atoms with Crippen LogP contribution in [-0.4, -0.2) is 18.7 Å². The zero-order valence-electron chi connectivity index (χ0n) is 10.9. The van der Waals surface area contributed by atoms with Gasteiger partial charge in [-0.1, -0.05) is 0 Å². The molecule has 0 fully saturated rings. The Labute approximate surface area is 112 Å². The van der Waals surface area contributed by atoms with E-state index in [0.717, 1.165) is 17.0 Å². The molecule has 4 nitrogen and oxygen atoms in total. The lowest BCUT2D eigenvalue weighted by molar-refractivity contribution is 0.340. The molecule has 1 aromatic heterocycles. The van der Waals surface area contributed by atoms with Crippen molar-refractivity contribution in [2.75, 3.05) is 13.7 Å². The Morgan fingerprint density at radius 2 is 2.00 bits per heavy atom. The Hall–Kier alpha value is -2.54. The van der Waals surface area contributed by atoms with Gasteiger partial charge >= 0.3 is 0 Å². The van der Waals surface area contributed by atoms with Gasteiger partial charge in [-0.05, 0) is 37.3 Å². The maximum atomic E-state index is 9.06. The van der Waals surface area contributed by atoms with E-state index in [1.54, 1.807) is 12.3 Å². The molecule has 2 rings (SSSR count). The molecule has 0 saturated heterocycles. The number of pyridine rings is 1. The van der Waals surface area contributed by atoms with E-state index in [1.807, 2.05) is 31.2 Å². The molecule has 0 saturated carbocycles. The van der Waals surface area contributed by atoms with Crippen LogP contribution in [-0.2, 0) is 0 Å². The van der Waals surface area contributed by atoms with E-state index in [-0.39, 0.29) is 0 Å². The number of benzene rings is 1. The summed E-state index contributed by atoms with van der Waals surface area (Å²) < 4.78 is 10.5. The second-order valence-corrected chi connectivity index (χ2v) is 3.84. The fraction of sp³-hybridized carbons (Fsp3) is 0.200. The van der Waals surface area contributed by atoms with E-state index in [4.69, 9.17) is 14.7 Å². The molecule has 0 unspecified atom stereocenters. The molecule has 0 amide bonds. The topological polar surface area (TPSA) is 55.1 Å². The monoisotopic (exact) mass is 254 g/mol. The maximum Gasteiger partial charge on any atom is 0.154 e. The molecule has 0 spiro atoms. The summed E-state index contributed by atoms with van der Waals surface area (Å²) in [6, 6.07) is 11.4. The highest BCUT2D eigenvalue weighted by Crippen LogP contribution is 2.25. The van der Waals surface area contributed by atoms with Crippen LogP contribution >= 0.6 is 0 Å². The van der Waals surface area contributed by atoms with Gasteiger partial charge in [-0.15, -0.1) is 0 Å². The van der Waals surface area contributed by atoms with Crippen LogP contribution in [0, 0.1) is 11.3 Å². The van der Waals surface area contributed by atoms with Crippen molar-refractivity contribution < 1.29 is 9.47 Å². The van der Waals surface area contributed by atoms with Crippen molar-refractivity contribution in [2.45, 2.75) is 6.92 Å². The molecule has 96 valence electrons. The van der Waals surface area contributed by atoms with Crippen LogP contribution < -0.4 is 9.47 Å². The van der Waals surface area contributed by atoms with Crippen molar-refractivity contribution in [3.63, 3.8) is 0 Å². The lowest BCUT2D eigenvalue weighted by Gasteiger charge is -2.06. The summed E-state index contributed by atoms with van der Waals surface area (Å²) in [6.07, 6.45) is 1.56. The average molecular weight is 254 g/mol. The van der Waals surface area contributed by atoms with E-state index < -0.39 is 0 Å². The van der Waals surface area contributed by atoms with Crippen molar-refractivity contribution in [3.05, 3.63) is 42.1 Å². The molecule has 0 bridgehead atoms. The Morgan fingerprint density at radius 1 is 1.26 bits per heavy atom. The third-order valence-corrected chi connectivity index (χ3v) is 2.67. The number of methoxy groups -OCH3 is 1. The first kappa shape index (κ1) is 12.9. The minimum atomic E-state index is 0.474. The molecule has 1 heterocycles. The van der Waals surface area contributed by atoms with Gasteiger partial charge in [0.25, 0.3) is 0 Å². The number of rotatable bonds is 4. The Morgan fingerprint density at radius 3 is 2.58 bits per heavy atom. The molecule has 19 heavy (non-hydrogen) atoms. The van der Waals surface area contributed by atoms with Gasteiger partial charge < -0.3 is 9.47 Å². The first-order chi connectivity index (χ1) is 9.28. The summed E-state index contributed by atoms with van der Waals surface area (Å²) >= 11 is 0. The van der Waals surface area contributed by atoms with Crippen molar-refractivity contribution >= 4 is 0 Å². The van der Waals surface area contributed by atoms with Crippen LogP contribution in [0.15, 0.2) is 36.5 Å². The summed E-state index contributed by atoms with van der Waals surface area (Å²) in [7, 11) is 1.52. The van der Waals surface area contributed by atoms with Crippen LogP contribution in [0.5, 0.6) is 11.5 Å². The predicted octanol–water partition coefficient (Wildman–Crippen LogP) is 3.03. The smallest absolute Gasteiger partial charge is 0.154 e. The zero-order chi connectivity index (χ0) is 13.7. The summed E-state index contributed by atoms with van der Waals surface area (Å²) in [4.78, 5) is 4.29. The Bertz CT molecular complexity index is 601. The maximum absolute atomic E-state index is 9.06. The van der Waals surface area contributed by atoms with Gasteiger partial charge in [0.2, 0.25) is 0 Å². The van der Waals surface area contributed by atoms with Gasteiger partial charge in [-0.25, -0.2) is 0 Å². The molecule has 0 aliphatic heterocycles. The molecule has 0 aliphatic carbocycles. The van der Waals surface area contributed by atoms with Gasteiger partial charge in [0.1, 0.15) is 11.8 Å². The molecule has 0 atom stereocenters. The quantitative estimate of drug-likeness (QED) is 0.841. The van der Waals surface area contributed by atoms with E-state index in [0.29, 0.717) is 17.9 Å². The van der Waals surface area contributed by atoms with E-state index in [1.165, 1.54) is 7.11 Å². The molecule has 0 radical (unpaired) electrons. The molecule has 4 heteroatoms. The minimum Gasteiger partial charge on any atom is -0.494 e. The summed E-state index contributed by atoms with van der Waals surface area (Å²) in [5.41, 5.74) is 2.14. The van der Waals surface area contributed by atoms with Crippen LogP contribution in [0.2, 0.25) is 0 Å². The molecule has 2 aromatic rings. The van der Waals surface area contributed by atoms with Crippen LogP contribution in [0.25, 0.3) is 11.3 Å². The van der Waals surface area contributed by atoms with Crippen LogP contribution in [0.3, 0.4) is 0 Å². The third kappa shape index (κ3) is 2.83. The van der Waals surface area contributed by atoms with Gasteiger partial charge in [0.05, 0.1) is 31.2 Å². The first-order valence-corrected chi connectivity index (χ1v) is 5.96. The second kappa shape index (κ2) is 5.87. The standard InChI is InChI=1S/C15H14N2O2/c1-3-19-13-6-4-11(5-7-13)14-8-12(9-16)15(18-2)10-17-14/h4-8,10H,3H2,1-2H3. The molecular formula is C15H14N2O2. The van der Waals surface area contributed by atoms with Gasteiger partial charge in [-0.2, -0.15) is 5.26 Å². The molecular weight excluding hydrogens is 240 g/mol. The normalized spacial score (nSPS) is 9.74. The fourth-order valence-electron chi connectivity index (χ4n) is 1.74. The third-order valence-electron chi connectivity index (χ3n) is 2.67. The number of aromatic nitrogens is 1. The summed E-state index contributed by atoms with van der Waals surface area (Å²) in [6.45, 7) is 2.58. The fourth-order valence-corrected chi connectivity index (χ4v) is 1.74. The van der Waals surface area contributed by atoms with Crippen molar-refractivity contribution in [2.24, 2.45) is 0 Å². The Balaban J connectivity index is 2.34. The lowest BCUT2D eigenvalue weighted by atomic mass is 10.1. The van der Waals surface area contributed by atoms with Crippen LogP contribution in [0.4, 0.5) is 0 Å². The van der Waals surface area contributed by atoms with Crippen molar-refractivity contribution in [1.82, 2.24) is 4.98 Å². The van der Waals surface area contributed by atoms with Crippen LogP contribution in [0.1, 0.15) is 12.5 Å². The van der Waals surface area contributed by atoms with Crippen molar-refractivity contribution in [1.29, 1.82) is 5.26 Å². The highest BCUT2D eigenvalue weighted by atomic mass is 16.5. The Kier molecular flexibility index (Phi) is 3.99. The van der Waals surface area contributed by atoms with Gasteiger partial charge in [-0.3, -0.25) is 4.98 Å². The number of ether oxygens (including phenoxy) is 2. The van der Waals surface area contributed by atoms with Gasteiger partial charge in [0.15, 0.2) is 5.75 Å². The molecule has 0 aliphatic rings. The summed E-state index contributed by atoms with van der Waals surface area (Å²) in [5, 5.41) is 9.06. The van der Waals surface area contributed by atoms with E-state index in [2.05, 4.69) is 11.1 Å². The average Bonchev–Trinajstić information content (AvgIpc) is 2.47. The number of nitriles is 1.